The van der Waals surface area contributed by atoms with Crippen molar-refractivity contribution in [2.75, 3.05) is 0 Å². The van der Waals surface area contributed by atoms with Crippen LogP contribution in [0.25, 0.3) is 0 Å². The van der Waals surface area contributed by atoms with Gasteiger partial charge in [0.25, 0.3) is 0 Å². The number of nitrogens with one attached hydrogen (secondary N) is 1. The summed E-state index contributed by atoms with van der Waals surface area (Å²) in [4.78, 5) is 0.380. The number of halogens is 1. The lowest BCUT2D eigenvalue weighted by Gasteiger charge is -2.19. The first-order chi connectivity index (χ1) is 10.7. The highest BCUT2D eigenvalue weighted by Gasteiger charge is 2.23. The highest BCUT2D eigenvalue weighted by atomic mass is 35.5. The van der Waals surface area contributed by atoms with Gasteiger partial charge in [0, 0.05) is 11.6 Å². The zero-order valence-corrected chi connectivity index (χ0v) is 15.7. The first kappa shape index (κ1) is 18.0. The summed E-state index contributed by atoms with van der Waals surface area (Å²) >= 11 is 6.10. The van der Waals surface area contributed by atoms with E-state index in [0.29, 0.717) is 9.92 Å². The smallest absolute Gasteiger partial charge is 0.207 e. The topological polar surface area (TPSA) is 46.2 Å². The quantitative estimate of drug-likeness (QED) is 0.889. The Balaban J connectivity index is 2.43. The Kier molecular flexibility index (Phi) is 5.19. The predicted molar refractivity (Wildman–Crippen MR) is 95.6 cm³/mol. The predicted octanol–water partition coefficient (Wildman–Crippen LogP) is 4.36. The fourth-order valence-corrected chi connectivity index (χ4v) is 4.56. The van der Waals surface area contributed by atoms with Crippen molar-refractivity contribution in [1.82, 2.24) is 4.72 Å². The molecular formula is C18H22ClNO2S. The van der Waals surface area contributed by atoms with E-state index < -0.39 is 10.0 Å². The molecule has 0 fully saturated rings. The molecule has 0 amide bonds. The second kappa shape index (κ2) is 6.63. The van der Waals surface area contributed by atoms with Gasteiger partial charge < -0.3 is 0 Å². The van der Waals surface area contributed by atoms with Crippen molar-refractivity contribution in [3.63, 3.8) is 0 Å². The van der Waals surface area contributed by atoms with Crippen molar-refractivity contribution in [1.29, 1.82) is 0 Å². The maximum absolute atomic E-state index is 12.8. The van der Waals surface area contributed by atoms with Crippen LogP contribution in [-0.4, -0.2) is 8.42 Å². The first-order valence-corrected chi connectivity index (χ1v) is 9.33. The van der Waals surface area contributed by atoms with Crippen LogP contribution in [0.5, 0.6) is 0 Å². The molecule has 2 rings (SSSR count). The zero-order chi connectivity index (χ0) is 17.4. The van der Waals surface area contributed by atoms with Gasteiger partial charge in [0.2, 0.25) is 10.0 Å². The van der Waals surface area contributed by atoms with Crippen molar-refractivity contribution < 1.29 is 8.42 Å². The van der Waals surface area contributed by atoms with E-state index in [4.69, 9.17) is 11.6 Å². The van der Waals surface area contributed by atoms with Crippen LogP contribution in [0, 0.1) is 34.6 Å². The van der Waals surface area contributed by atoms with Crippen molar-refractivity contribution in [3.05, 3.63) is 62.7 Å². The summed E-state index contributed by atoms with van der Waals surface area (Å²) in [6.07, 6.45) is 0. The largest absolute Gasteiger partial charge is 0.241 e. The van der Waals surface area contributed by atoms with Gasteiger partial charge in [-0.3, -0.25) is 0 Å². The zero-order valence-electron chi connectivity index (χ0n) is 14.1. The van der Waals surface area contributed by atoms with Gasteiger partial charge in [0.1, 0.15) is 0 Å². The Labute approximate surface area is 143 Å². The van der Waals surface area contributed by atoms with Gasteiger partial charge in [0.05, 0.1) is 4.90 Å². The standard InChI is InChI=1S/C18H22ClNO2S/c1-11-12(2)14(4)18(15(5)13(11)3)23(21,22)20-10-16-8-6-7-9-17(16)19/h6-9,20H,10H2,1-5H3. The van der Waals surface area contributed by atoms with Crippen LogP contribution >= 0.6 is 11.6 Å². The lowest BCUT2D eigenvalue weighted by Crippen LogP contribution is -2.25. The molecule has 1 N–H and O–H groups in total. The summed E-state index contributed by atoms with van der Waals surface area (Å²) in [5.41, 5.74) is 5.55. The molecule has 0 aliphatic carbocycles. The van der Waals surface area contributed by atoms with Gasteiger partial charge in [-0.15, -0.1) is 0 Å². The van der Waals surface area contributed by atoms with Crippen molar-refractivity contribution in [2.45, 2.75) is 46.1 Å². The Hall–Kier alpha value is -1.36. The second-order valence-corrected chi connectivity index (χ2v) is 7.98. The van der Waals surface area contributed by atoms with Crippen LogP contribution < -0.4 is 4.72 Å². The van der Waals surface area contributed by atoms with Gasteiger partial charge in [0.15, 0.2) is 0 Å². The summed E-state index contributed by atoms with van der Waals surface area (Å²) < 4.78 is 28.3. The van der Waals surface area contributed by atoms with Crippen molar-refractivity contribution in [2.24, 2.45) is 0 Å². The van der Waals surface area contributed by atoms with Crippen molar-refractivity contribution >= 4 is 21.6 Å². The number of hydrogen-bond donors (Lipinski definition) is 1. The Morgan fingerprint density at radius 1 is 0.870 bits per heavy atom. The molecule has 0 radical (unpaired) electrons. The first-order valence-electron chi connectivity index (χ1n) is 7.47. The molecule has 0 saturated heterocycles. The fraction of sp³-hybridized carbons (Fsp3) is 0.333. The summed E-state index contributed by atoms with van der Waals surface area (Å²) in [7, 11) is -3.61. The molecule has 3 nitrogen and oxygen atoms in total. The molecule has 0 saturated carbocycles. The maximum atomic E-state index is 12.8. The summed E-state index contributed by atoms with van der Waals surface area (Å²) in [6, 6.07) is 7.23. The lowest BCUT2D eigenvalue weighted by molar-refractivity contribution is 0.579. The highest BCUT2D eigenvalue weighted by Crippen LogP contribution is 2.29. The van der Waals surface area contributed by atoms with E-state index in [0.717, 1.165) is 33.4 Å². The normalized spacial score (nSPS) is 11.7. The van der Waals surface area contributed by atoms with Gasteiger partial charge in [-0.05, 0) is 74.1 Å². The van der Waals surface area contributed by atoms with E-state index in [2.05, 4.69) is 4.72 Å². The molecule has 0 aromatic heterocycles. The van der Waals surface area contributed by atoms with Crippen LogP contribution in [-0.2, 0) is 16.6 Å². The molecule has 0 aliphatic rings. The molecule has 2 aromatic carbocycles. The fourth-order valence-electron chi connectivity index (χ4n) is 2.76. The van der Waals surface area contributed by atoms with Crippen LogP contribution in [0.15, 0.2) is 29.2 Å². The van der Waals surface area contributed by atoms with Gasteiger partial charge in [-0.1, -0.05) is 29.8 Å². The average Bonchev–Trinajstić information content (AvgIpc) is 2.50. The molecule has 0 unspecified atom stereocenters. The highest BCUT2D eigenvalue weighted by molar-refractivity contribution is 7.89. The third kappa shape index (κ3) is 3.44. The third-order valence-electron chi connectivity index (χ3n) is 4.61. The molecule has 124 valence electrons. The minimum absolute atomic E-state index is 0.173. The van der Waals surface area contributed by atoms with Crippen LogP contribution in [0.2, 0.25) is 5.02 Å². The van der Waals surface area contributed by atoms with E-state index in [-0.39, 0.29) is 6.54 Å². The Morgan fingerprint density at radius 2 is 1.35 bits per heavy atom. The third-order valence-corrected chi connectivity index (χ3v) is 6.65. The molecule has 23 heavy (non-hydrogen) atoms. The average molecular weight is 352 g/mol. The van der Waals surface area contributed by atoms with Gasteiger partial charge in [-0.2, -0.15) is 0 Å². The molecule has 2 aromatic rings. The molecular weight excluding hydrogens is 330 g/mol. The monoisotopic (exact) mass is 351 g/mol. The number of hydrogen-bond acceptors (Lipinski definition) is 2. The molecule has 0 bridgehead atoms. The molecule has 0 spiro atoms. The number of rotatable bonds is 4. The molecule has 0 heterocycles. The summed E-state index contributed by atoms with van der Waals surface area (Å²) in [6.45, 7) is 9.84. The van der Waals surface area contributed by atoms with Gasteiger partial charge >= 0.3 is 0 Å². The SMILES string of the molecule is Cc1c(C)c(C)c(S(=O)(=O)NCc2ccccc2Cl)c(C)c1C. The molecule has 5 heteroatoms. The molecule has 0 atom stereocenters. The number of benzene rings is 2. The van der Waals surface area contributed by atoms with Crippen LogP contribution in [0.3, 0.4) is 0 Å². The van der Waals surface area contributed by atoms with E-state index in [1.165, 1.54) is 0 Å². The van der Waals surface area contributed by atoms with E-state index in [9.17, 15) is 8.42 Å². The van der Waals surface area contributed by atoms with E-state index >= 15 is 0 Å². The number of sulfonamides is 1. The lowest BCUT2D eigenvalue weighted by atomic mass is 9.95. The van der Waals surface area contributed by atoms with E-state index in [1.807, 2.05) is 52.8 Å². The Bertz CT molecular complexity index is 829. The Morgan fingerprint density at radius 3 is 1.87 bits per heavy atom. The van der Waals surface area contributed by atoms with Crippen molar-refractivity contribution in [3.8, 4) is 0 Å². The van der Waals surface area contributed by atoms with Gasteiger partial charge in [-0.25, -0.2) is 13.1 Å². The molecule has 0 aliphatic heterocycles. The minimum atomic E-state index is -3.61. The maximum Gasteiger partial charge on any atom is 0.241 e. The second-order valence-electron chi connectivity index (χ2n) is 5.87. The van der Waals surface area contributed by atoms with Crippen LogP contribution in [0.4, 0.5) is 0 Å². The van der Waals surface area contributed by atoms with E-state index in [1.54, 1.807) is 6.07 Å². The summed E-state index contributed by atoms with van der Waals surface area (Å²) in [5, 5.41) is 0.555. The summed E-state index contributed by atoms with van der Waals surface area (Å²) in [5.74, 6) is 0. The van der Waals surface area contributed by atoms with Crippen LogP contribution in [0.1, 0.15) is 33.4 Å². The minimum Gasteiger partial charge on any atom is -0.207 e.